The Balaban J connectivity index is 2.72. The highest BCUT2D eigenvalue weighted by molar-refractivity contribution is 5.94. The normalized spacial score (nSPS) is 10.8. The van der Waals surface area contributed by atoms with E-state index in [1.165, 1.54) is 0 Å². The summed E-state index contributed by atoms with van der Waals surface area (Å²) in [5.74, 6) is -0.0278. The van der Waals surface area contributed by atoms with Crippen molar-refractivity contribution in [3.63, 3.8) is 0 Å². The third-order valence-electron chi connectivity index (χ3n) is 2.51. The molecule has 0 bridgehead atoms. The number of amides is 1. The van der Waals surface area contributed by atoms with Gasteiger partial charge in [0.1, 0.15) is 0 Å². The maximum Gasteiger partial charge on any atom is 0.240 e. The van der Waals surface area contributed by atoms with Gasteiger partial charge in [-0.1, -0.05) is 6.07 Å². The van der Waals surface area contributed by atoms with Gasteiger partial charge >= 0.3 is 0 Å². The largest absolute Gasteiger partial charge is 0.314 e. The summed E-state index contributed by atoms with van der Waals surface area (Å²) in [6.45, 7) is 6.31. The lowest BCUT2D eigenvalue weighted by atomic mass is 10.1. The highest BCUT2D eigenvalue weighted by Crippen LogP contribution is 2.14. The highest BCUT2D eigenvalue weighted by Gasteiger charge is 2.15. The summed E-state index contributed by atoms with van der Waals surface area (Å²) in [7, 11) is 1.71. The van der Waals surface area contributed by atoms with Crippen molar-refractivity contribution in [2.24, 2.45) is 0 Å². The van der Waals surface area contributed by atoms with E-state index < -0.39 is 0 Å². The zero-order valence-electron chi connectivity index (χ0n) is 11.3. The van der Waals surface area contributed by atoms with Gasteiger partial charge in [-0.3, -0.25) is 4.79 Å². The minimum Gasteiger partial charge on any atom is -0.314 e. The molecule has 0 radical (unpaired) electrons. The van der Waals surface area contributed by atoms with Gasteiger partial charge < -0.3 is 10.2 Å². The van der Waals surface area contributed by atoms with Gasteiger partial charge in [0.15, 0.2) is 0 Å². The van der Waals surface area contributed by atoms with Crippen LogP contribution in [0, 0.1) is 11.3 Å². The minimum absolute atomic E-state index is 0.0278. The molecule has 96 valence electrons. The molecule has 1 aromatic carbocycles. The smallest absolute Gasteiger partial charge is 0.240 e. The fraction of sp³-hybridized carbons (Fsp3) is 0.429. The molecule has 0 aliphatic carbocycles. The highest BCUT2D eigenvalue weighted by atomic mass is 16.2. The summed E-state index contributed by atoms with van der Waals surface area (Å²) in [5, 5.41) is 12.0. The minimum atomic E-state index is -0.0923. The second-order valence-electron chi connectivity index (χ2n) is 5.22. The summed E-state index contributed by atoms with van der Waals surface area (Å²) in [4.78, 5) is 13.5. The number of anilines is 1. The van der Waals surface area contributed by atoms with E-state index in [1.54, 1.807) is 30.1 Å². The van der Waals surface area contributed by atoms with Gasteiger partial charge in [-0.2, -0.15) is 5.26 Å². The van der Waals surface area contributed by atoms with Crippen molar-refractivity contribution in [1.82, 2.24) is 5.32 Å². The molecule has 0 saturated heterocycles. The zero-order chi connectivity index (χ0) is 13.8. The number of nitriles is 1. The molecule has 0 aliphatic heterocycles. The van der Waals surface area contributed by atoms with Crippen molar-refractivity contribution < 1.29 is 4.79 Å². The lowest BCUT2D eigenvalue weighted by molar-refractivity contribution is -0.117. The van der Waals surface area contributed by atoms with Gasteiger partial charge in [0.05, 0.1) is 18.2 Å². The van der Waals surface area contributed by atoms with E-state index in [-0.39, 0.29) is 18.0 Å². The van der Waals surface area contributed by atoms with E-state index in [9.17, 15) is 4.79 Å². The van der Waals surface area contributed by atoms with Crippen LogP contribution < -0.4 is 10.2 Å². The van der Waals surface area contributed by atoms with E-state index in [2.05, 4.69) is 11.4 Å². The quantitative estimate of drug-likeness (QED) is 0.885. The van der Waals surface area contributed by atoms with Crippen LogP contribution in [-0.2, 0) is 4.79 Å². The van der Waals surface area contributed by atoms with Crippen molar-refractivity contribution in [2.75, 3.05) is 18.5 Å². The number of nitrogens with one attached hydrogen (secondary N) is 1. The van der Waals surface area contributed by atoms with Crippen LogP contribution in [0.25, 0.3) is 0 Å². The molecular weight excluding hydrogens is 226 g/mol. The Kier molecular flexibility index (Phi) is 4.46. The number of hydrogen-bond acceptors (Lipinski definition) is 3. The van der Waals surface area contributed by atoms with Gasteiger partial charge in [-0.15, -0.1) is 0 Å². The molecule has 4 nitrogen and oxygen atoms in total. The Hall–Kier alpha value is -1.86. The maximum absolute atomic E-state index is 12.0. The van der Waals surface area contributed by atoms with E-state index in [1.807, 2.05) is 26.8 Å². The van der Waals surface area contributed by atoms with Crippen LogP contribution in [0.4, 0.5) is 5.69 Å². The molecule has 1 N–H and O–H groups in total. The van der Waals surface area contributed by atoms with E-state index >= 15 is 0 Å². The molecule has 1 amide bonds. The van der Waals surface area contributed by atoms with Crippen LogP contribution in [0.3, 0.4) is 0 Å². The van der Waals surface area contributed by atoms with Gasteiger partial charge in [0.25, 0.3) is 0 Å². The number of carbonyl (C=O) groups is 1. The predicted molar refractivity (Wildman–Crippen MR) is 72.3 cm³/mol. The Morgan fingerprint density at radius 1 is 1.44 bits per heavy atom. The van der Waals surface area contributed by atoms with Crippen molar-refractivity contribution >= 4 is 11.6 Å². The van der Waals surface area contributed by atoms with Crippen LogP contribution in [0.1, 0.15) is 26.3 Å². The first kappa shape index (κ1) is 14.2. The van der Waals surface area contributed by atoms with Gasteiger partial charge in [0.2, 0.25) is 5.91 Å². The van der Waals surface area contributed by atoms with Crippen molar-refractivity contribution in [1.29, 1.82) is 5.26 Å². The van der Waals surface area contributed by atoms with E-state index in [4.69, 9.17) is 5.26 Å². The molecule has 0 fully saturated rings. The van der Waals surface area contributed by atoms with E-state index in [0.29, 0.717) is 5.56 Å². The van der Waals surface area contributed by atoms with Crippen molar-refractivity contribution in [3.8, 4) is 6.07 Å². The van der Waals surface area contributed by atoms with Crippen LogP contribution in [-0.4, -0.2) is 25.0 Å². The summed E-state index contributed by atoms with van der Waals surface area (Å²) in [6, 6.07) is 9.07. The Morgan fingerprint density at radius 3 is 2.67 bits per heavy atom. The zero-order valence-corrected chi connectivity index (χ0v) is 11.3. The molecule has 4 heteroatoms. The molecule has 1 aromatic rings. The first-order valence-corrected chi connectivity index (χ1v) is 5.85. The standard InChI is InChI=1S/C14H19N3O/c1-14(2,3)16-10-13(18)17(4)12-7-5-6-11(8-12)9-15/h5-8,16H,10H2,1-4H3. The second kappa shape index (κ2) is 5.65. The monoisotopic (exact) mass is 245 g/mol. The topological polar surface area (TPSA) is 56.1 Å². The molecule has 0 aromatic heterocycles. The number of carbonyl (C=O) groups excluding carboxylic acids is 1. The van der Waals surface area contributed by atoms with Crippen molar-refractivity contribution in [2.45, 2.75) is 26.3 Å². The molecule has 18 heavy (non-hydrogen) atoms. The lowest BCUT2D eigenvalue weighted by Gasteiger charge is -2.23. The molecule has 0 atom stereocenters. The lowest BCUT2D eigenvalue weighted by Crippen LogP contribution is -2.43. The summed E-state index contributed by atoms with van der Waals surface area (Å²) >= 11 is 0. The fourth-order valence-corrected chi connectivity index (χ4v) is 1.39. The average molecular weight is 245 g/mol. The predicted octanol–water partition coefficient (Wildman–Crippen LogP) is 1.91. The summed E-state index contributed by atoms with van der Waals surface area (Å²) < 4.78 is 0. The average Bonchev–Trinajstić information content (AvgIpc) is 2.34. The third kappa shape index (κ3) is 4.19. The van der Waals surface area contributed by atoms with Crippen molar-refractivity contribution in [3.05, 3.63) is 29.8 Å². The van der Waals surface area contributed by atoms with Crippen LogP contribution in [0.5, 0.6) is 0 Å². The first-order chi connectivity index (χ1) is 8.33. The number of nitrogens with zero attached hydrogens (tertiary/aromatic N) is 2. The van der Waals surface area contributed by atoms with E-state index in [0.717, 1.165) is 5.69 Å². The van der Waals surface area contributed by atoms with Gasteiger partial charge in [-0.05, 0) is 39.0 Å². The number of rotatable bonds is 3. The molecular formula is C14H19N3O. The SMILES string of the molecule is CN(C(=O)CNC(C)(C)C)c1cccc(C#N)c1. The molecule has 0 unspecified atom stereocenters. The Labute approximate surface area is 108 Å². The van der Waals surface area contributed by atoms with Gasteiger partial charge in [0, 0.05) is 18.3 Å². The fourth-order valence-electron chi connectivity index (χ4n) is 1.39. The second-order valence-corrected chi connectivity index (χ2v) is 5.22. The molecule has 0 heterocycles. The van der Waals surface area contributed by atoms with Gasteiger partial charge in [-0.25, -0.2) is 0 Å². The first-order valence-electron chi connectivity index (χ1n) is 5.85. The molecule has 0 aliphatic rings. The summed E-state index contributed by atoms with van der Waals surface area (Å²) in [5.41, 5.74) is 1.19. The molecule has 0 spiro atoms. The summed E-state index contributed by atoms with van der Waals surface area (Å²) in [6.07, 6.45) is 0. The molecule has 0 saturated carbocycles. The number of benzene rings is 1. The molecule has 1 rings (SSSR count). The van der Waals surface area contributed by atoms with Crippen LogP contribution >= 0.6 is 0 Å². The van der Waals surface area contributed by atoms with Crippen LogP contribution in [0.15, 0.2) is 24.3 Å². The Bertz CT molecular complexity index is 469. The number of hydrogen-bond donors (Lipinski definition) is 1. The Morgan fingerprint density at radius 2 is 2.11 bits per heavy atom. The van der Waals surface area contributed by atoms with Crippen LogP contribution in [0.2, 0.25) is 0 Å². The number of likely N-dealkylation sites (N-methyl/N-ethyl adjacent to an activating group) is 1. The third-order valence-corrected chi connectivity index (χ3v) is 2.51. The maximum atomic E-state index is 12.0.